The molecule has 1 aromatic carbocycles. The number of aryl methyl sites for hydroxylation is 1. The second-order valence-corrected chi connectivity index (χ2v) is 5.29. The molecule has 2 aliphatic heterocycles. The van der Waals surface area contributed by atoms with Crippen LogP contribution >= 0.6 is 0 Å². The molecule has 21 heavy (non-hydrogen) atoms. The van der Waals surface area contributed by atoms with Gasteiger partial charge < -0.3 is 19.7 Å². The minimum absolute atomic E-state index is 0.0547. The number of hydrogen-bond acceptors (Lipinski definition) is 4. The summed E-state index contributed by atoms with van der Waals surface area (Å²) in [5.74, 6) is 0.267. The first kappa shape index (κ1) is 13.9. The van der Waals surface area contributed by atoms with E-state index >= 15 is 0 Å². The number of carbonyl (C=O) groups is 2. The van der Waals surface area contributed by atoms with Gasteiger partial charge in [-0.1, -0.05) is 6.07 Å². The van der Waals surface area contributed by atoms with Crippen molar-refractivity contribution in [3.8, 4) is 5.75 Å². The van der Waals surface area contributed by atoms with Crippen LogP contribution in [0.25, 0.3) is 0 Å². The normalized spacial score (nSPS) is 21.3. The lowest BCUT2D eigenvalue weighted by atomic mass is 10.1. The molecule has 1 saturated heterocycles. The van der Waals surface area contributed by atoms with Gasteiger partial charge in [0.1, 0.15) is 5.75 Å². The number of ether oxygens (including phenoxy) is 2. The van der Waals surface area contributed by atoms with E-state index in [2.05, 4.69) is 5.32 Å². The number of benzene rings is 1. The molecule has 2 amide bonds. The van der Waals surface area contributed by atoms with E-state index in [9.17, 15) is 9.59 Å². The van der Waals surface area contributed by atoms with Gasteiger partial charge in [0.05, 0.1) is 25.3 Å². The molecule has 3 rings (SSSR count). The lowest BCUT2D eigenvalue weighted by Gasteiger charge is -2.30. The molecule has 112 valence electrons. The summed E-state index contributed by atoms with van der Waals surface area (Å²) in [6, 6.07) is 5.58. The van der Waals surface area contributed by atoms with Crippen molar-refractivity contribution in [2.24, 2.45) is 0 Å². The van der Waals surface area contributed by atoms with Crippen LogP contribution in [0.3, 0.4) is 0 Å². The zero-order valence-corrected chi connectivity index (χ0v) is 11.9. The quantitative estimate of drug-likeness (QED) is 0.880. The van der Waals surface area contributed by atoms with Crippen LogP contribution in [0.5, 0.6) is 5.75 Å². The smallest absolute Gasteiger partial charge is 0.266 e. The predicted octanol–water partition coefficient (Wildman–Crippen LogP) is 0.943. The molecule has 2 aliphatic rings. The summed E-state index contributed by atoms with van der Waals surface area (Å²) in [5, 5.41) is 2.80. The lowest BCUT2D eigenvalue weighted by Crippen LogP contribution is -2.45. The molecule has 0 radical (unpaired) electrons. The maximum atomic E-state index is 12.2. The van der Waals surface area contributed by atoms with Crippen molar-refractivity contribution >= 4 is 17.5 Å². The average Bonchev–Trinajstić information content (AvgIpc) is 2.49. The zero-order valence-electron chi connectivity index (χ0n) is 11.9. The molecule has 1 fully saturated rings. The van der Waals surface area contributed by atoms with Crippen molar-refractivity contribution in [3.63, 3.8) is 0 Å². The highest BCUT2D eigenvalue weighted by Gasteiger charge is 2.31. The number of carbonyl (C=O) groups excluding carboxylic acids is 2. The standard InChI is InChI=1S/C15H18N2O4/c1-10-2-3-12-11(8-10)16-15(19)13(21-12)9-14(18)17-4-6-20-7-5-17/h2-3,8,13H,4-7,9H2,1H3,(H,16,19). The Balaban J connectivity index is 1.67. The van der Waals surface area contributed by atoms with E-state index in [1.165, 1.54) is 0 Å². The van der Waals surface area contributed by atoms with Crippen LogP contribution in [-0.4, -0.2) is 49.1 Å². The van der Waals surface area contributed by atoms with Crippen LogP contribution in [0, 0.1) is 6.92 Å². The van der Waals surface area contributed by atoms with Gasteiger partial charge in [-0.25, -0.2) is 0 Å². The Hall–Kier alpha value is -2.08. The van der Waals surface area contributed by atoms with E-state index in [0.29, 0.717) is 37.7 Å². The Morgan fingerprint density at radius 1 is 1.38 bits per heavy atom. The van der Waals surface area contributed by atoms with Gasteiger partial charge in [0.2, 0.25) is 5.91 Å². The Bertz CT molecular complexity index is 567. The summed E-state index contributed by atoms with van der Waals surface area (Å²) in [7, 11) is 0. The first-order chi connectivity index (χ1) is 10.1. The highest BCUT2D eigenvalue weighted by molar-refractivity contribution is 6.00. The van der Waals surface area contributed by atoms with E-state index in [1.54, 1.807) is 4.90 Å². The van der Waals surface area contributed by atoms with Gasteiger partial charge in [0, 0.05) is 13.1 Å². The Kier molecular flexibility index (Phi) is 3.79. The summed E-state index contributed by atoms with van der Waals surface area (Å²) in [6.07, 6.45) is -0.713. The number of nitrogens with zero attached hydrogens (tertiary/aromatic N) is 1. The van der Waals surface area contributed by atoms with Crippen LogP contribution in [-0.2, 0) is 14.3 Å². The third-order valence-corrected chi connectivity index (χ3v) is 3.68. The van der Waals surface area contributed by atoms with Crippen molar-refractivity contribution in [3.05, 3.63) is 23.8 Å². The van der Waals surface area contributed by atoms with E-state index in [-0.39, 0.29) is 18.2 Å². The zero-order chi connectivity index (χ0) is 14.8. The van der Waals surface area contributed by atoms with Gasteiger partial charge >= 0.3 is 0 Å². The molecule has 0 aliphatic carbocycles. The maximum Gasteiger partial charge on any atom is 0.266 e. The van der Waals surface area contributed by atoms with Crippen LogP contribution in [0.1, 0.15) is 12.0 Å². The van der Waals surface area contributed by atoms with Crippen molar-refractivity contribution in [2.75, 3.05) is 31.6 Å². The van der Waals surface area contributed by atoms with Crippen molar-refractivity contribution < 1.29 is 19.1 Å². The second-order valence-electron chi connectivity index (χ2n) is 5.29. The Morgan fingerprint density at radius 3 is 2.90 bits per heavy atom. The monoisotopic (exact) mass is 290 g/mol. The molecule has 0 spiro atoms. The van der Waals surface area contributed by atoms with Gasteiger partial charge in [-0.15, -0.1) is 0 Å². The average molecular weight is 290 g/mol. The van der Waals surface area contributed by atoms with Crippen molar-refractivity contribution in [1.29, 1.82) is 0 Å². The number of anilines is 1. The van der Waals surface area contributed by atoms with Gasteiger partial charge in [0.15, 0.2) is 6.10 Å². The predicted molar refractivity (Wildman–Crippen MR) is 76.2 cm³/mol. The van der Waals surface area contributed by atoms with E-state index in [4.69, 9.17) is 9.47 Å². The highest BCUT2D eigenvalue weighted by Crippen LogP contribution is 2.31. The fraction of sp³-hybridized carbons (Fsp3) is 0.467. The first-order valence-electron chi connectivity index (χ1n) is 7.07. The van der Waals surface area contributed by atoms with E-state index in [1.807, 2.05) is 25.1 Å². The van der Waals surface area contributed by atoms with Crippen molar-refractivity contribution in [2.45, 2.75) is 19.4 Å². The highest BCUT2D eigenvalue weighted by atomic mass is 16.5. The molecule has 1 unspecified atom stereocenters. The molecule has 0 aromatic heterocycles. The molecule has 6 heteroatoms. The second kappa shape index (κ2) is 5.73. The van der Waals surface area contributed by atoms with Crippen LogP contribution < -0.4 is 10.1 Å². The molecule has 1 N–H and O–H groups in total. The summed E-state index contributed by atoms with van der Waals surface area (Å²) in [5.41, 5.74) is 1.70. The summed E-state index contributed by atoms with van der Waals surface area (Å²) >= 11 is 0. The number of amides is 2. The first-order valence-corrected chi connectivity index (χ1v) is 7.07. The Morgan fingerprint density at radius 2 is 2.14 bits per heavy atom. The summed E-state index contributed by atoms with van der Waals surface area (Å²) < 4.78 is 10.9. The number of fused-ring (bicyclic) bond motifs is 1. The van der Waals surface area contributed by atoms with E-state index in [0.717, 1.165) is 5.56 Å². The summed E-state index contributed by atoms with van der Waals surface area (Å²) in [4.78, 5) is 26.0. The van der Waals surface area contributed by atoms with Crippen molar-refractivity contribution in [1.82, 2.24) is 4.90 Å². The molecule has 6 nitrogen and oxygen atoms in total. The SMILES string of the molecule is Cc1ccc2c(c1)NC(=O)C(CC(=O)N1CCOCC1)O2. The molecule has 1 atom stereocenters. The molecular formula is C15H18N2O4. The fourth-order valence-electron chi connectivity index (χ4n) is 2.50. The number of nitrogens with one attached hydrogen (secondary N) is 1. The molecule has 2 heterocycles. The molecular weight excluding hydrogens is 272 g/mol. The van der Waals surface area contributed by atoms with Gasteiger partial charge in [0.25, 0.3) is 5.91 Å². The lowest BCUT2D eigenvalue weighted by molar-refractivity contribution is -0.140. The number of rotatable bonds is 2. The third-order valence-electron chi connectivity index (χ3n) is 3.68. The maximum absolute atomic E-state index is 12.2. The van der Waals surface area contributed by atoms with E-state index < -0.39 is 6.10 Å². The molecule has 1 aromatic rings. The van der Waals surface area contributed by atoms with Crippen LogP contribution in [0.15, 0.2) is 18.2 Å². The number of hydrogen-bond donors (Lipinski definition) is 1. The minimum Gasteiger partial charge on any atom is -0.478 e. The van der Waals surface area contributed by atoms with Gasteiger partial charge in [-0.05, 0) is 24.6 Å². The minimum atomic E-state index is -0.768. The third kappa shape index (κ3) is 3.00. The molecule has 0 saturated carbocycles. The summed E-state index contributed by atoms with van der Waals surface area (Å²) in [6.45, 7) is 4.18. The number of morpholine rings is 1. The topological polar surface area (TPSA) is 67.9 Å². The van der Waals surface area contributed by atoms with Gasteiger partial charge in [-0.2, -0.15) is 0 Å². The fourth-order valence-corrected chi connectivity index (χ4v) is 2.50. The van der Waals surface area contributed by atoms with Crippen LogP contribution in [0.2, 0.25) is 0 Å². The van der Waals surface area contributed by atoms with Crippen LogP contribution in [0.4, 0.5) is 5.69 Å². The van der Waals surface area contributed by atoms with Gasteiger partial charge in [-0.3, -0.25) is 9.59 Å². The Labute approximate surface area is 123 Å². The molecule has 0 bridgehead atoms. The largest absolute Gasteiger partial charge is 0.478 e.